The number of benzene rings is 1. The van der Waals surface area contributed by atoms with E-state index in [0.29, 0.717) is 11.3 Å². The van der Waals surface area contributed by atoms with Gasteiger partial charge >= 0.3 is 0 Å². The SMILES string of the molecule is C#C.C=C(O)C(NCCCCC)c1cc(F)ccc1C1CCC2(CC1)CC2.CCC.CCCCCc1ccc2c(n1)NCCC2. The summed E-state index contributed by atoms with van der Waals surface area (Å²) in [6.45, 7) is 14.3. The number of fused-ring (bicyclic) bond motifs is 1. The molecule has 5 heteroatoms. The van der Waals surface area contributed by atoms with Gasteiger partial charge in [0.2, 0.25) is 0 Å². The summed E-state index contributed by atoms with van der Waals surface area (Å²) in [5.41, 5.74) is 5.35. The van der Waals surface area contributed by atoms with Gasteiger partial charge in [-0.2, -0.15) is 0 Å². The van der Waals surface area contributed by atoms with Gasteiger partial charge in [-0.25, -0.2) is 9.37 Å². The number of rotatable bonds is 12. The zero-order valence-corrected chi connectivity index (χ0v) is 28.9. The molecule has 1 aliphatic heterocycles. The van der Waals surface area contributed by atoms with E-state index >= 15 is 0 Å². The first-order valence-electron chi connectivity index (χ1n) is 17.8. The average Bonchev–Trinajstić information content (AvgIpc) is 3.81. The molecule has 3 N–H and O–H groups in total. The molecule has 1 unspecified atom stereocenters. The Morgan fingerprint density at radius 2 is 1.69 bits per heavy atom. The van der Waals surface area contributed by atoms with Crippen molar-refractivity contribution in [2.24, 2.45) is 5.41 Å². The number of pyridine rings is 1. The van der Waals surface area contributed by atoms with E-state index in [0.717, 1.165) is 50.2 Å². The quantitative estimate of drug-likeness (QED) is 0.126. The highest BCUT2D eigenvalue weighted by Crippen LogP contribution is 2.58. The van der Waals surface area contributed by atoms with Crippen LogP contribution in [0.2, 0.25) is 0 Å². The maximum atomic E-state index is 14.0. The van der Waals surface area contributed by atoms with E-state index in [1.807, 2.05) is 6.07 Å². The topological polar surface area (TPSA) is 57.2 Å². The second-order valence-corrected chi connectivity index (χ2v) is 13.1. The summed E-state index contributed by atoms with van der Waals surface area (Å²) in [6.07, 6.45) is 27.8. The molecule has 4 nitrogen and oxygen atoms in total. The third-order valence-electron chi connectivity index (χ3n) is 9.25. The number of unbranched alkanes of at least 4 members (excludes halogenated alkanes) is 4. The number of hydrogen-bond donors (Lipinski definition) is 3. The molecule has 1 atom stereocenters. The van der Waals surface area contributed by atoms with E-state index in [1.54, 1.807) is 12.1 Å². The lowest BCUT2D eigenvalue weighted by Crippen LogP contribution is -2.26. The van der Waals surface area contributed by atoms with Crippen molar-refractivity contribution >= 4 is 5.82 Å². The number of anilines is 1. The smallest absolute Gasteiger partial charge is 0.129 e. The summed E-state index contributed by atoms with van der Waals surface area (Å²) < 4.78 is 14.0. The molecule has 2 fully saturated rings. The highest BCUT2D eigenvalue weighted by molar-refractivity contribution is 5.47. The Hall–Kier alpha value is -2.84. The summed E-state index contributed by atoms with van der Waals surface area (Å²) in [4.78, 5) is 4.67. The zero-order valence-electron chi connectivity index (χ0n) is 28.9. The predicted molar refractivity (Wildman–Crippen MR) is 191 cm³/mol. The van der Waals surface area contributed by atoms with Crippen LogP contribution in [0, 0.1) is 24.1 Å². The fourth-order valence-corrected chi connectivity index (χ4v) is 6.48. The lowest BCUT2D eigenvalue weighted by molar-refractivity contribution is 0.301. The van der Waals surface area contributed by atoms with Crippen LogP contribution in [0.4, 0.5) is 10.2 Å². The minimum absolute atomic E-state index is 0.0813. The number of hydrogen-bond acceptors (Lipinski definition) is 4. The Balaban J connectivity index is 0.000000300. The molecule has 0 saturated heterocycles. The molecule has 1 aromatic carbocycles. The van der Waals surface area contributed by atoms with Crippen LogP contribution in [0.15, 0.2) is 42.7 Å². The second kappa shape index (κ2) is 21.0. The van der Waals surface area contributed by atoms with Crippen molar-refractivity contribution in [1.82, 2.24) is 10.3 Å². The van der Waals surface area contributed by atoms with Crippen molar-refractivity contribution in [3.8, 4) is 12.8 Å². The molecular weight excluding hydrogens is 557 g/mol. The number of nitrogens with one attached hydrogen (secondary N) is 2. The first kappa shape index (κ1) is 38.3. The van der Waals surface area contributed by atoms with Crippen LogP contribution < -0.4 is 10.6 Å². The Labute approximate surface area is 275 Å². The highest BCUT2D eigenvalue weighted by Gasteiger charge is 2.45. The van der Waals surface area contributed by atoms with Gasteiger partial charge in [0.1, 0.15) is 17.4 Å². The molecule has 5 rings (SSSR count). The molecule has 0 radical (unpaired) electrons. The number of aliphatic hydroxyl groups is 1. The second-order valence-electron chi connectivity index (χ2n) is 13.1. The Morgan fingerprint density at radius 1 is 1.02 bits per heavy atom. The van der Waals surface area contributed by atoms with E-state index in [1.165, 1.54) is 93.9 Å². The van der Waals surface area contributed by atoms with Crippen molar-refractivity contribution < 1.29 is 9.50 Å². The van der Waals surface area contributed by atoms with Crippen LogP contribution in [0.25, 0.3) is 0 Å². The number of aryl methyl sites for hydroxylation is 2. The van der Waals surface area contributed by atoms with Gasteiger partial charge in [0.15, 0.2) is 0 Å². The van der Waals surface area contributed by atoms with Gasteiger partial charge in [0, 0.05) is 12.2 Å². The normalized spacial score (nSPS) is 16.7. The monoisotopic (exact) mass is 619 g/mol. The van der Waals surface area contributed by atoms with E-state index in [-0.39, 0.29) is 17.6 Å². The molecule has 0 bridgehead atoms. The zero-order chi connectivity index (χ0) is 33.1. The van der Waals surface area contributed by atoms with Crippen LogP contribution in [0.1, 0.15) is 152 Å². The molecule has 1 spiro atoms. The number of nitrogens with zero attached hydrogens (tertiary/aromatic N) is 1. The first-order chi connectivity index (χ1) is 21.9. The predicted octanol–water partition coefficient (Wildman–Crippen LogP) is 11.0. The van der Waals surface area contributed by atoms with E-state index in [2.05, 4.69) is 74.9 Å². The molecule has 2 heterocycles. The molecule has 0 amide bonds. The van der Waals surface area contributed by atoms with Gasteiger partial charge in [0.25, 0.3) is 0 Å². The summed E-state index contributed by atoms with van der Waals surface area (Å²) in [5.74, 6) is 1.45. The molecule has 3 aliphatic rings. The van der Waals surface area contributed by atoms with E-state index in [9.17, 15) is 9.50 Å². The third kappa shape index (κ3) is 12.8. The third-order valence-corrected chi connectivity index (χ3v) is 9.25. The summed E-state index contributed by atoms with van der Waals surface area (Å²) in [6, 6.07) is 9.16. The molecule has 2 aliphatic carbocycles. The fourth-order valence-electron chi connectivity index (χ4n) is 6.48. The van der Waals surface area contributed by atoms with E-state index in [4.69, 9.17) is 0 Å². The molecule has 2 aromatic rings. The molecular formula is C40H62FN3O. The molecule has 1 aromatic heterocycles. The molecule has 45 heavy (non-hydrogen) atoms. The van der Waals surface area contributed by atoms with Crippen LogP contribution in [-0.4, -0.2) is 23.2 Å². The average molecular weight is 620 g/mol. The first-order valence-corrected chi connectivity index (χ1v) is 17.8. The van der Waals surface area contributed by atoms with Crippen LogP contribution in [0.5, 0.6) is 0 Å². The highest BCUT2D eigenvalue weighted by atomic mass is 19.1. The van der Waals surface area contributed by atoms with Crippen LogP contribution in [0.3, 0.4) is 0 Å². The van der Waals surface area contributed by atoms with Crippen molar-refractivity contribution in [1.29, 1.82) is 0 Å². The lowest BCUT2D eigenvalue weighted by atomic mass is 9.75. The maximum absolute atomic E-state index is 14.0. The number of aliphatic hydroxyl groups excluding tert-OH is 1. The van der Waals surface area contributed by atoms with E-state index < -0.39 is 0 Å². The maximum Gasteiger partial charge on any atom is 0.129 e. The standard InChI is InChI=1S/C22H32FNO.C13H20N2.C3H8.C2H2/c1-3-4-5-14-24-21(16(2)25)20-15-18(23)6-7-19(20)17-8-10-22(11-9-17)12-13-22;1-2-3-4-7-12-9-8-11-6-5-10-14-13(11)15-12;1-3-2;1-2/h6-7,15,17,21,24-25H,2-5,8-14H2,1H3;8-9H,2-7,10H2,1H3,(H,14,15);3H2,1-2H3;1-2H. The molecule has 2 saturated carbocycles. The summed E-state index contributed by atoms with van der Waals surface area (Å²) in [7, 11) is 0. The van der Waals surface area contributed by atoms with Gasteiger partial charge in [-0.15, -0.1) is 12.8 Å². The Morgan fingerprint density at radius 3 is 2.31 bits per heavy atom. The van der Waals surface area contributed by atoms with Crippen molar-refractivity contribution in [3.05, 3.63) is 70.9 Å². The van der Waals surface area contributed by atoms with Crippen LogP contribution >= 0.6 is 0 Å². The minimum atomic E-state index is -0.376. The number of halogens is 1. The lowest BCUT2D eigenvalue weighted by Gasteiger charge is -2.31. The van der Waals surface area contributed by atoms with Gasteiger partial charge < -0.3 is 15.7 Å². The summed E-state index contributed by atoms with van der Waals surface area (Å²) in [5, 5.41) is 16.9. The van der Waals surface area contributed by atoms with Crippen molar-refractivity contribution in [2.45, 2.75) is 142 Å². The fraction of sp³-hybridized carbons (Fsp3) is 0.625. The number of terminal acetylenes is 1. The van der Waals surface area contributed by atoms with Gasteiger partial charge in [-0.1, -0.05) is 78.5 Å². The Kier molecular flexibility index (Phi) is 17.9. The van der Waals surface area contributed by atoms with Crippen LogP contribution in [-0.2, 0) is 12.8 Å². The van der Waals surface area contributed by atoms with Crippen molar-refractivity contribution in [3.63, 3.8) is 0 Å². The van der Waals surface area contributed by atoms with Gasteiger partial charge in [-0.05, 0) is 123 Å². The minimum Gasteiger partial charge on any atom is -0.511 e. The molecule has 250 valence electrons. The summed E-state index contributed by atoms with van der Waals surface area (Å²) >= 11 is 0. The van der Waals surface area contributed by atoms with Gasteiger partial charge in [-0.3, -0.25) is 0 Å². The van der Waals surface area contributed by atoms with Crippen molar-refractivity contribution in [2.75, 3.05) is 18.4 Å². The van der Waals surface area contributed by atoms with Gasteiger partial charge in [0.05, 0.1) is 6.04 Å². The largest absolute Gasteiger partial charge is 0.511 e. The Bertz CT molecular complexity index is 1150. The number of aromatic nitrogens is 1.